The highest BCUT2D eigenvalue weighted by molar-refractivity contribution is 5.78. The molecule has 0 aliphatic heterocycles. The van der Waals surface area contributed by atoms with Crippen molar-refractivity contribution in [3.8, 4) is 28.3 Å². The van der Waals surface area contributed by atoms with Crippen molar-refractivity contribution in [2.45, 2.75) is 19.6 Å². The minimum atomic E-state index is -0.0346. The van der Waals surface area contributed by atoms with E-state index in [4.69, 9.17) is 9.72 Å². The van der Waals surface area contributed by atoms with Gasteiger partial charge in [-0.3, -0.25) is 9.97 Å². The van der Waals surface area contributed by atoms with Crippen molar-refractivity contribution in [1.82, 2.24) is 19.5 Å². The fraction of sp³-hybridized carbons (Fsp3) is 0.136. The number of hydrogen-bond acceptors (Lipinski definition) is 4. The maximum atomic E-state index is 6.00. The monoisotopic (exact) mass is 356 g/mol. The van der Waals surface area contributed by atoms with Gasteiger partial charge in [-0.05, 0) is 31.2 Å². The molecule has 0 amide bonds. The summed E-state index contributed by atoms with van der Waals surface area (Å²) in [6.07, 6.45) is 8.91. The van der Waals surface area contributed by atoms with Crippen LogP contribution in [0, 0.1) is 0 Å². The number of nitrogens with zero attached hydrogens (tertiary/aromatic N) is 4. The van der Waals surface area contributed by atoms with Crippen LogP contribution in [-0.2, 0) is 6.54 Å². The Hall–Kier alpha value is -3.47. The molecule has 1 atom stereocenters. The lowest BCUT2D eigenvalue weighted by atomic mass is 10.1. The minimum absolute atomic E-state index is 0.0346. The molecule has 5 nitrogen and oxygen atoms in total. The van der Waals surface area contributed by atoms with Gasteiger partial charge in [0.05, 0.1) is 30.5 Å². The van der Waals surface area contributed by atoms with Crippen LogP contribution in [0.25, 0.3) is 22.5 Å². The quantitative estimate of drug-likeness (QED) is 0.511. The van der Waals surface area contributed by atoms with Crippen LogP contribution in [0.1, 0.15) is 6.92 Å². The van der Waals surface area contributed by atoms with Crippen LogP contribution in [0.5, 0.6) is 5.75 Å². The summed E-state index contributed by atoms with van der Waals surface area (Å²) in [5, 5.41) is 0. The molecule has 3 aromatic heterocycles. The van der Waals surface area contributed by atoms with Crippen LogP contribution in [0.3, 0.4) is 0 Å². The molecule has 0 aliphatic carbocycles. The molecular formula is C22H20N4O. The summed E-state index contributed by atoms with van der Waals surface area (Å²) in [4.78, 5) is 12.9. The maximum absolute atomic E-state index is 6.00. The maximum Gasteiger partial charge on any atom is 0.138 e. The third-order valence-corrected chi connectivity index (χ3v) is 4.26. The number of hydrogen-bond donors (Lipinski definition) is 0. The number of pyridine rings is 2. The third kappa shape index (κ3) is 3.87. The van der Waals surface area contributed by atoms with Crippen LogP contribution in [0.15, 0.2) is 85.7 Å². The number of imidazole rings is 1. The first-order valence-corrected chi connectivity index (χ1v) is 8.89. The second-order valence-corrected chi connectivity index (χ2v) is 6.31. The van der Waals surface area contributed by atoms with Crippen molar-refractivity contribution >= 4 is 0 Å². The van der Waals surface area contributed by atoms with E-state index in [1.807, 2.05) is 55.7 Å². The molecule has 3 heterocycles. The van der Waals surface area contributed by atoms with Gasteiger partial charge in [0.1, 0.15) is 11.9 Å². The predicted octanol–water partition coefficient (Wildman–Crippen LogP) is 4.47. The highest BCUT2D eigenvalue weighted by atomic mass is 16.5. The van der Waals surface area contributed by atoms with Crippen LogP contribution in [0.4, 0.5) is 0 Å². The molecule has 0 saturated heterocycles. The van der Waals surface area contributed by atoms with Crippen LogP contribution < -0.4 is 4.74 Å². The molecule has 134 valence electrons. The standard InChI is InChI=1S/C22H20N4O/c1-17(27-20-8-5-11-24-14-20)15-26-16-25-21(18-6-3-2-4-7-18)22(26)19-9-12-23-13-10-19/h2-14,16-17H,15H2,1H3. The summed E-state index contributed by atoms with van der Waals surface area (Å²) in [7, 11) is 0. The lowest BCUT2D eigenvalue weighted by Crippen LogP contribution is -2.19. The van der Waals surface area contributed by atoms with E-state index in [9.17, 15) is 0 Å². The zero-order valence-corrected chi connectivity index (χ0v) is 15.1. The number of benzene rings is 1. The van der Waals surface area contributed by atoms with Gasteiger partial charge < -0.3 is 9.30 Å². The van der Waals surface area contributed by atoms with E-state index >= 15 is 0 Å². The number of ether oxygens (including phenoxy) is 1. The SMILES string of the molecule is CC(Cn1cnc(-c2ccccc2)c1-c1ccncc1)Oc1cccnc1. The van der Waals surface area contributed by atoms with Crippen molar-refractivity contribution < 1.29 is 4.74 Å². The molecule has 0 radical (unpaired) electrons. The first kappa shape index (κ1) is 17.0. The van der Waals surface area contributed by atoms with Crippen molar-refractivity contribution in [1.29, 1.82) is 0 Å². The van der Waals surface area contributed by atoms with Gasteiger partial charge in [-0.2, -0.15) is 0 Å². The molecule has 1 unspecified atom stereocenters. The average Bonchev–Trinajstić information content (AvgIpc) is 3.13. The zero-order valence-electron chi connectivity index (χ0n) is 15.1. The van der Waals surface area contributed by atoms with Gasteiger partial charge in [0.2, 0.25) is 0 Å². The Balaban J connectivity index is 1.67. The van der Waals surface area contributed by atoms with Crippen molar-refractivity contribution in [3.05, 3.63) is 85.7 Å². The fourth-order valence-electron chi connectivity index (χ4n) is 3.10. The van der Waals surface area contributed by atoms with Gasteiger partial charge in [0.25, 0.3) is 0 Å². The Bertz CT molecular complexity index is 985. The topological polar surface area (TPSA) is 52.8 Å². The van der Waals surface area contributed by atoms with E-state index in [1.54, 1.807) is 24.8 Å². The molecule has 0 aliphatic rings. The van der Waals surface area contributed by atoms with Crippen LogP contribution in [-0.4, -0.2) is 25.6 Å². The highest BCUT2D eigenvalue weighted by Gasteiger charge is 2.17. The van der Waals surface area contributed by atoms with E-state index in [-0.39, 0.29) is 6.10 Å². The summed E-state index contributed by atoms with van der Waals surface area (Å²) < 4.78 is 8.14. The van der Waals surface area contributed by atoms with Gasteiger partial charge in [-0.25, -0.2) is 4.98 Å². The molecule has 1 aromatic carbocycles. The summed E-state index contributed by atoms with van der Waals surface area (Å²) in [5.74, 6) is 0.763. The van der Waals surface area contributed by atoms with E-state index in [0.29, 0.717) is 6.54 Å². The largest absolute Gasteiger partial charge is 0.487 e. The lowest BCUT2D eigenvalue weighted by Gasteiger charge is -2.17. The summed E-state index contributed by atoms with van der Waals surface area (Å²) in [6, 6.07) is 18.0. The van der Waals surface area contributed by atoms with E-state index in [2.05, 4.69) is 26.7 Å². The van der Waals surface area contributed by atoms with Gasteiger partial charge >= 0.3 is 0 Å². The van der Waals surface area contributed by atoms with Gasteiger partial charge in [0, 0.05) is 29.7 Å². The van der Waals surface area contributed by atoms with Gasteiger partial charge in [0.15, 0.2) is 0 Å². The van der Waals surface area contributed by atoms with Crippen molar-refractivity contribution in [2.75, 3.05) is 0 Å². The van der Waals surface area contributed by atoms with Crippen LogP contribution >= 0.6 is 0 Å². The van der Waals surface area contributed by atoms with E-state index < -0.39 is 0 Å². The number of aromatic nitrogens is 4. The Morgan fingerprint density at radius 1 is 0.889 bits per heavy atom. The predicted molar refractivity (Wildman–Crippen MR) is 105 cm³/mol. The molecule has 0 saturated carbocycles. The van der Waals surface area contributed by atoms with E-state index in [1.165, 1.54) is 0 Å². The second kappa shape index (κ2) is 7.83. The highest BCUT2D eigenvalue weighted by Crippen LogP contribution is 2.31. The Kier molecular flexibility index (Phi) is 4.92. The second-order valence-electron chi connectivity index (χ2n) is 6.31. The number of rotatable bonds is 6. The van der Waals surface area contributed by atoms with Crippen LogP contribution in [0.2, 0.25) is 0 Å². The third-order valence-electron chi connectivity index (χ3n) is 4.26. The first-order valence-electron chi connectivity index (χ1n) is 8.89. The lowest BCUT2D eigenvalue weighted by molar-refractivity contribution is 0.199. The molecule has 27 heavy (non-hydrogen) atoms. The molecule has 4 aromatic rings. The Morgan fingerprint density at radius 2 is 1.70 bits per heavy atom. The molecular weight excluding hydrogens is 336 g/mol. The summed E-state index contributed by atoms with van der Waals surface area (Å²) >= 11 is 0. The zero-order chi connectivity index (χ0) is 18.5. The Labute approximate surface area is 158 Å². The molecule has 5 heteroatoms. The normalized spacial score (nSPS) is 11.9. The molecule has 0 fully saturated rings. The first-order chi connectivity index (χ1) is 13.3. The smallest absolute Gasteiger partial charge is 0.138 e. The summed E-state index contributed by atoms with van der Waals surface area (Å²) in [6.45, 7) is 2.72. The minimum Gasteiger partial charge on any atom is -0.487 e. The van der Waals surface area contributed by atoms with Crippen molar-refractivity contribution in [3.63, 3.8) is 0 Å². The summed E-state index contributed by atoms with van der Waals surface area (Å²) in [5.41, 5.74) is 4.18. The molecule has 4 rings (SSSR count). The van der Waals surface area contributed by atoms with E-state index in [0.717, 1.165) is 28.3 Å². The van der Waals surface area contributed by atoms with Crippen molar-refractivity contribution in [2.24, 2.45) is 0 Å². The fourth-order valence-corrected chi connectivity index (χ4v) is 3.10. The molecule has 0 spiro atoms. The van der Waals surface area contributed by atoms with Gasteiger partial charge in [-0.1, -0.05) is 30.3 Å². The molecule has 0 N–H and O–H groups in total. The average molecular weight is 356 g/mol. The molecule has 0 bridgehead atoms. The Morgan fingerprint density at radius 3 is 2.44 bits per heavy atom. The van der Waals surface area contributed by atoms with Gasteiger partial charge in [-0.15, -0.1) is 0 Å².